The van der Waals surface area contributed by atoms with Crippen molar-refractivity contribution in [2.45, 2.75) is 20.0 Å². The molecule has 0 unspecified atom stereocenters. The molecule has 2 N–H and O–H groups in total. The minimum Gasteiger partial charge on any atom is -0.481 e. The molecule has 0 fully saturated rings. The van der Waals surface area contributed by atoms with Crippen LogP contribution in [0.1, 0.15) is 24.2 Å². The molecule has 1 aromatic rings. The van der Waals surface area contributed by atoms with Crippen LogP contribution in [0.2, 0.25) is 0 Å². The van der Waals surface area contributed by atoms with E-state index in [4.69, 9.17) is 10.5 Å². The molecule has 1 rings (SSSR count). The minimum atomic E-state index is -0.776. The molecule has 0 radical (unpaired) electrons. The van der Waals surface area contributed by atoms with Gasteiger partial charge in [0.1, 0.15) is 5.75 Å². The summed E-state index contributed by atoms with van der Waals surface area (Å²) in [6, 6.07) is 6.57. The number of likely N-dealkylation sites (N-methyl/N-ethyl adjacent to an activating group) is 1. The normalized spacial score (nSPS) is 11.6. The Kier molecular flexibility index (Phi) is 5.25. The monoisotopic (exact) mass is 278 g/mol. The second kappa shape index (κ2) is 6.70. The number of ketones is 1. The van der Waals surface area contributed by atoms with Gasteiger partial charge in [-0.05, 0) is 26.0 Å². The zero-order valence-electron chi connectivity index (χ0n) is 11.8. The topological polar surface area (TPSA) is 89.7 Å². The standard InChI is InChI=1S/C14H18N2O4/c1-9(17)11-5-4-6-12(7-11)20-10(2)14(19)16(3)8-13(15)18/h4-7,10H,8H2,1-3H3,(H2,15,18)/t10-/m1/s1. The van der Waals surface area contributed by atoms with Crippen molar-refractivity contribution in [1.29, 1.82) is 0 Å². The number of carbonyl (C=O) groups is 3. The van der Waals surface area contributed by atoms with E-state index in [1.165, 1.54) is 18.9 Å². The number of hydrogen-bond donors (Lipinski definition) is 1. The number of nitrogens with two attached hydrogens (primary N) is 1. The van der Waals surface area contributed by atoms with Crippen LogP contribution < -0.4 is 10.5 Å². The summed E-state index contributed by atoms with van der Waals surface area (Å²) >= 11 is 0. The molecule has 6 nitrogen and oxygen atoms in total. The second-order valence-electron chi connectivity index (χ2n) is 4.50. The predicted molar refractivity (Wildman–Crippen MR) is 73.4 cm³/mol. The average molecular weight is 278 g/mol. The van der Waals surface area contributed by atoms with Crippen molar-refractivity contribution in [3.8, 4) is 5.75 Å². The zero-order valence-corrected chi connectivity index (χ0v) is 11.8. The summed E-state index contributed by atoms with van der Waals surface area (Å²) < 4.78 is 5.47. The van der Waals surface area contributed by atoms with Crippen LogP contribution in [0, 0.1) is 0 Å². The molecule has 0 saturated heterocycles. The van der Waals surface area contributed by atoms with E-state index >= 15 is 0 Å². The molecule has 1 atom stereocenters. The fraction of sp³-hybridized carbons (Fsp3) is 0.357. The Morgan fingerprint density at radius 1 is 1.35 bits per heavy atom. The van der Waals surface area contributed by atoms with Crippen molar-refractivity contribution in [1.82, 2.24) is 4.90 Å². The van der Waals surface area contributed by atoms with Gasteiger partial charge >= 0.3 is 0 Å². The molecule has 0 spiro atoms. The largest absolute Gasteiger partial charge is 0.481 e. The molecule has 6 heteroatoms. The Labute approximate surface area is 117 Å². The van der Waals surface area contributed by atoms with Crippen molar-refractivity contribution in [3.63, 3.8) is 0 Å². The highest BCUT2D eigenvalue weighted by Crippen LogP contribution is 2.16. The van der Waals surface area contributed by atoms with E-state index in [-0.39, 0.29) is 18.2 Å². The van der Waals surface area contributed by atoms with E-state index in [1.807, 2.05) is 0 Å². The Hall–Kier alpha value is -2.37. The van der Waals surface area contributed by atoms with Crippen LogP contribution in [0.3, 0.4) is 0 Å². The van der Waals surface area contributed by atoms with E-state index < -0.39 is 12.0 Å². The smallest absolute Gasteiger partial charge is 0.263 e. The zero-order chi connectivity index (χ0) is 15.3. The molecule has 0 aliphatic carbocycles. The van der Waals surface area contributed by atoms with Gasteiger partial charge < -0.3 is 15.4 Å². The van der Waals surface area contributed by atoms with E-state index in [0.717, 1.165) is 0 Å². The molecule has 1 aromatic carbocycles. The predicted octanol–water partition coefficient (Wildman–Crippen LogP) is 0.600. The Balaban J connectivity index is 2.72. The number of rotatable bonds is 6. The second-order valence-corrected chi connectivity index (χ2v) is 4.50. The van der Waals surface area contributed by atoms with E-state index in [9.17, 15) is 14.4 Å². The minimum absolute atomic E-state index is 0.0831. The van der Waals surface area contributed by atoms with Gasteiger partial charge in [-0.15, -0.1) is 0 Å². The number of nitrogens with zero attached hydrogens (tertiary/aromatic N) is 1. The Bertz CT molecular complexity index is 528. The van der Waals surface area contributed by atoms with Gasteiger partial charge in [0.15, 0.2) is 11.9 Å². The number of carbonyl (C=O) groups excluding carboxylic acids is 3. The maximum Gasteiger partial charge on any atom is 0.263 e. The lowest BCUT2D eigenvalue weighted by molar-refractivity contribution is -0.139. The molecule has 0 heterocycles. The lowest BCUT2D eigenvalue weighted by atomic mass is 10.1. The maximum atomic E-state index is 11.9. The number of Topliss-reactive ketones (excluding diaryl/α,β-unsaturated/α-hetero) is 1. The fourth-order valence-corrected chi connectivity index (χ4v) is 1.66. The van der Waals surface area contributed by atoms with Crippen molar-refractivity contribution in [2.24, 2.45) is 5.73 Å². The number of benzene rings is 1. The van der Waals surface area contributed by atoms with Crippen molar-refractivity contribution < 1.29 is 19.1 Å². The van der Waals surface area contributed by atoms with Crippen LogP contribution in [0.5, 0.6) is 5.75 Å². The van der Waals surface area contributed by atoms with Crippen molar-refractivity contribution in [2.75, 3.05) is 13.6 Å². The quantitative estimate of drug-likeness (QED) is 0.772. The van der Waals surface area contributed by atoms with Crippen LogP contribution in [-0.4, -0.2) is 42.2 Å². The molecule has 0 aromatic heterocycles. The number of ether oxygens (including phenoxy) is 1. The van der Waals surface area contributed by atoms with Gasteiger partial charge in [0, 0.05) is 12.6 Å². The third-order valence-corrected chi connectivity index (χ3v) is 2.67. The highest BCUT2D eigenvalue weighted by molar-refractivity contribution is 5.94. The third-order valence-electron chi connectivity index (χ3n) is 2.67. The van der Waals surface area contributed by atoms with E-state index in [1.54, 1.807) is 31.2 Å². The lowest BCUT2D eigenvalue weighted by Crippen LogP contribution is -2.42. The molecule has 0 bridgehead atoms. The third kappa shape index (κ3) is 4.38. The van der Waals surface area contributed by atoms with Gasteiger partial charge in [-0.3, -0.25) is 14.4 Å². The summed E-state index contributed by atoms with van der Waals surface area (Å²) in [6.45, 7) is 2.86. The summed E-state index contributed by atoms with van der Waals surface area (Å²) in [5.74, 6) is -0.616. The van der Waals surface area contributed by atoms with Crippen LogP contribution in [0.4, 0.5) is 0 Å². The van der Waals surface area contributed by atoms with Gasteiger partial charge in [-0.25, -0.2) is 0 Å². The van der Waals surface area contributed by atoms with E-state index in [0.29, 0.717) is 11.3 Å². The molecular formula is C14H18N2O4. The maximum absolute atomic E-state index is 11.9. The molecule has 20 heavy (non-hydrogen) atoms. The van der Waals surface area contributed by atoms with Gasteiger partial charge in [0.25, 0.3) is 5.91 Å². The first-order chi connectivity index (χ1) is 9.31. The molecule has 2 amide bonds. The first-order valence-corrected chi connectivity index (χ1v) is 6.12. The van der Waals surface area contributed by atoms with Gasteiger partial charge in [0.05, 0.1) is 6.54 Å². The summed E-state index contributed by atoms with van der Waals surface area (Å²) in [7, 11) is 1.47. The summed E-state index contributed by atoms with van der Waals surface area (Å²) in [5, 5.41) is 0. The first kappa shape index (κ1) is 15.7. The first-order valence-electron chi connectivity index (χ1n) is 6.12. The van der Waals surface area contributed by atoms with Crippen LogP contribution in [0.25, 0.3) is 0 Å². The van der Waals surface area contributed by atoms with Crippen molar-refractivity contribution in [3.05, 3.63) is 29.8 Å². The number of primary amides is 1. The van der Waals surface area contributed by atoms with Crippen LogP contribution >= 0.6 is 0 Å². The van der Waals surface area contributed by atoms with E-state index in [2.05, 4.69) is 0 Å². The lowest BCUT2D eigenvalue weighted by Gasteiger charge is -2.21. The number of hydrogen-bond acceptors (Lipinski definition) is 4. The summed E-state index contributed by atoms with van der Waals surface area (Å²) in [4.78, 5) is 35.2. The Morgan fingerprint density at radius 2 is 2.00 bits per heavy atom. The summed E-state index contributed by atoms with van der Waals surface area (Å²) in [6.07, 6.45) is -0.776. The van der Waals surface area contributed by atoms with Crippen molar-refractivity contribution >= 4 is 17.6 Å². The number of amides is 2. The Morgan fingerprint density at radius 3 is 2.55 bits per heavy atom. The molecule has 108 valence electrons. The highest BCUT2D eigenvalue weighted by Gasteiger charge is 2.20. The van der Waals surface area contributed by atoms with Crippen LogP contribution in [-0.2, 0) is 9.59 Å². The SMILES string of the molecule is CC(=O)c1cccc(O[C@H](C)C(=O)N(C)CC(N)=O)c1. The fourth-order valence-electron chi connectivity index (χ4n) is 1.66. The molecular weight excluding hydrogens is 260 g/mol. The molecule has 0 aliphatic heterocycles. The van der Waals surface area contributed by atoms with Gasteiger partial charge in [-0.1, -0.05) is 12.1 Å². The molecule has 0 saturated carbocycles. The van der Waals surface area contributed by atoms with Gasteiger partial charge in [0.2, 0.25) is 5.91 Å². The molecule has 0 aliphatic rings. The summed E-state index contributed by atoms with van der Waals surface area (Å²) in [5.41, 5.74) is 5.53. The van der Waals surface area contributed by atoms with Crippen LogP contribution in [0.15, 0.2) is 24.3 Å². The van der Waals surface area contributed by atoms with Gasteiger partial charge in [-0.2, -0.15) is 0 Å². The highest BCUT2D eigenvalue weighted by atomic mass is 16.5. The average Bonchev–Trinajstić information content (AvgIpc) is 2.37.